The van der Waals surface area contributed by atoms with Gasteiger partial charge in [-0.25, -0.2) is 0 Å². The number of rotatable bonds is 5. The standard InChI is InChI=1S/C17H23N3O3/c1-23-6-5-19-16(21)13-7-14-10-20(11-15(14)8-13)17(22)12-3-2-4-18-9-12/h2-4,9,13-15H,5-8,10-11H2,1H3,(H,19,21)/t13?,14-,15+. The monoisotopic (exact) mass is 317 g/mol. The van der Waals surface area contributed by atoms with E-state index in [2.05, 4.69) is 10.3 Å². The minimum absolute atomic E-state index is 0.0496. The third-order valence-corrected chi connectivity index (χ3v) is 4.92. The molecule has 0 radical (unpaired) electrons. The summed E-state index contributed by atoms with van der Waals surface area (Å²) in [6.45, 7) is 2.60. The molecule has 1 aromatic heterocycles. The Labute approximate surface area is 136 Å². The highest BCUT2D eigenvalue weighted by Gasteiger charge is 2.44. The molecule has 6 nitrogen and oxygen atoms in total. The van der Waals surface area contributed by atoms with E-state index >= 15 is 0 Å². The van der Waals surface area contributed by atoms with Crippen LogP contribution in [0.3, 0.4) is 0 Å². The number of carbonyl (C=O) groups is 2. The largest absolute Gasteiger partial charge is 0.383 e. The SMILES string of the molecule is COCCNC(=O)C1C[C@@H]2CN(C(=O)c3cccnc3)C[C@@H]2C1. The summed E-state index contributed by atoms with van der Waals surface area (Å²) in [4.78, 5) is 30.5. The maximum absolute atomic E-state index is 12.5. The number of hydrogen-bond acceptors (Lipinski definition) is 4. The van der Waals surface area contributed by atoms with Gasteiger partial charge < -0.3 is 15.0 Å². The topological polar surface area (TPSA) is 71.5 Å². The maximum atomic E-state index is 12.5. The lowest BCUT2D eigenvalue weighted by Crippen LogP contribution is -2.34. The van der Waals surface area contributed by atoms with Crippen molar-refractivity contribution in [2.24, 2.45) is 17.8 Å². The maximum Gasteiger partial charge on any atom is 0.255 e. The molecule has 3 atom stereocenters. The minimum atomic E-state index is 0.0496. The third-order valence-electron chi connectivity index (χ3n) is 4.92. The van der Waals surface area contributed by atoms with E-state index in [1.165, 1.54) is 0 Å². The van der Waals surface area contributed by atoms with Gasteiger partial charge in [-0.2, -0.15) is 0 Å². The van der Waals surface area contributed by atoms with Crippen LogP contribution in [0.15, 0.2) is 24.5 Å². The van der Waals surface area contributed by atoms with Gasteiger partial charge in [-0.3, -0.25) is 14.6 Å². The molecule has 1 aromatic rings. The van der Waals surface area contributed by atoms with Crippen molar-refractivity contribution in [2.75, 3.05) is 33.4 Å². The number of likely N-dealkylation sites (tertiary alicyclic amines) is 1. The summed E-state index contributed by atoms with van der Waals surface area (Å²) in [5.74, 6) is 1.13. The zero-order valence-electron chi connectivity index (χ0n) is 13.4. The summed E-state index contributed by atoms with van der Waals surface area (Å²) >= 11 is 0. The van der Waals surface area contributed by atoms with E-state index in [-0.39, 0.29) is 17.7 Å². The quantitative estimate of drug-likeness (QED) is 0.821. The molecule has 3 rings (SSSR count). The first-order valence-electron chi connectivity index (χ1n) is 8.15. The van der Waals surface area contributed by atoms with Crippen LogP contribution in [0.4, 0.5) is 0 Å². The van der Waals surface area contributed by atoms with Crippen LogP contribution in [0.5, 0.6) is 0 Å². The Morgan fingerprint density at radius 3 is 2.70 bits per heavy atom. The lowest BCUT2D eigenvalue weighted by atomic mass is 10.0. The zero-order chi connectivity index (χ0) is 16.2. The molecule has 1 saturated carbocycles. The second-order valence-electron chi connectivity index (χ2n) is 6.42. The van der Waals surface area contributed by atoms with E-state index in [9.17, 15) is 9.59 Å². The predicted molar refractivity (Wildman–Crippen MR) is 84.7 cm³/mol. The summed E-state index contributed by atoms with van der Waals surface area (Å²) in [5, 5.41) is 2.92. The van der Waals surface area contributed by atoms with Crippen LogP contribution < -0.4 is 5.32 Å². The number of ether oxygens (including phenoxy) is 1. The molecule has 2 amide bonds. The van der Waals surface area contributed by atoms with Crippen LogP contribution in [0.1, 0.15) is 23.2 Å². The van der Waals surface area contributed by atoms with Gasteiger partial charge in [0.1, 0.15) is 0 Å². The van der Waals surface area contributed by atoms with Crippen molar-refractivity contribution in [1.29, 1.82) is 0 Å². The number of amides is 2. The minimum Gasteiger partial charge on any atom is -0.383 e. The molecule has 0 bridgehead atoms. The number of aromatic nitrogens is 1. The second kappa shape index (κ2) is 7.08. The van der Waals surface area contributed by atoms with Crippen LogP contribution in [-0.2, 0) is 9.53 Å². The summed E-state index contributed by atoms with van der Waals surface area (Å²) in [7, 11) is 1.62. The fourth-order valence-electron chi connectivity index (χ4n) is 3.77. The van der Waals surface area contributed by atoms with Crippen LogP contribution in [-0.4, -0.2) is 55.0 Å². The number of carbonyl (C=O) groups excluding carboxylic acids is 2. The molecule has 2 fully saturated rings. The van der Waals surface area contributed by atoms with Crippen molar-refractivity contribution in [3.8, 4) is 0 Å². The molecule has 2 aliphatic rings. The number of pyridine rings is 1. The molecule has 1 saturated heterocycles. The summed E-state index contributed by atoms with van der Waals surface area (Å²) in [6, 6.07) is 3.58. The van der Waals surface area contributed by atoms with Crippen molar-refractivity contribution in [3.05, 3.63) is 30.1 Å². The fourth-order valence-corrected chi connectivity index (χ4v) is 3.77. The third kappa shape index (κ3) is 3.52. The Bertz CT molecular complexity index is 549. The lowest BCUT2D eigenvalue weighted by molar-refractivity contribution is -0.125. The first-order valence-corrected chi connectivity index (χ1v) is 8.15. The Morgan fingerprint density at radius 1 is 1.35 bits per heavy atom. The van der Waals surface area contributed by atoms with E-state index in [1.54, 1.807) is 31.6 Å². The first-order chi connectivity index (χ1) is 11.2. The van der Waals surface area contributed by atoms with Gasteiger partial charge in [0.15, 0.2) is 0 Å². The van der Waals surface area contributed by atoms with E-state index in [0.29, 0.717) is 30.6 Å². The lowest BCUT2D eigenvalue weighted by Gasteiger charge is -2.19. The molecule has 1 aliphatic heterocycles. The number of methoxy groups -OCH3 is 1. The van der Waals surface area contributed by atoms with Crippen LogP contribution in [0, 0.1) is 17.8 Å². The molecule has 0 spiro atoms. The molecule has 1 unspecified atom stereocenters. The number of fused-ring (bicyclic) bond motifs is 1. The normalized spacial score (nSPS) is 26.1. The predicted octanol–water partition coefficient (Wildman–Crippen LogP) is 0.942. The molecule has 1 N–H and O–H groups in total. The van der Waals surface area contributed by atoms with Gasteiger partial charge in [-0.15, -0.1) is 0 Å². The average molecular weight is 317 g/mol. The van der Waals surface area contributed by atoms with E-state index in [0.717, 1.165) is 25.9 Å². The molecular formula is C17H23N3O3. The smallest absolute Gasteiger partial charge is 0.255 e. The highest BCUT2D eigenvalue weighted by Crippen LogP contribution is 2.41. The summed E-state index contributed by atoms with van der Waals surface area (Å²) < 4.78 is 4.95. The molecule has 124 valence electrons. The molecular weight excluding hydrogens is 294 g/mol. The first kappa shape index (κ1) is 15.9. The van der Waals surface area contributed by atoms with Crippen molar-refractivity contribution >= 4 is 11.8 Å². The van der Waals surface area contributed by atoms with Crippen LogP contribution in [0.2, 0.25) is 0 Å². The number of nitrogens with zero attached hydrogens (tertiary/aromatic N) is 2. The van der Waals surface area contributed by atoms with E-state index < -0.39 is 0 Å². The molecule has 1 aliphatic carbocycles. The molecule has 6 heteroatoms. The Hall–Kier alpha value is -1.95. The Balaban J connectivity index is 1.51. The van der Waals surface area contributed by atoms with Crippen molar-refractivity contribution in [3.63, 3.8) is 0 Å². The van der Waals surface area contributed by atoms with Gasteiger partial charge >= 0.3 is 0 Å². The van der Waals surface area contributed by atoms with E-state index in [4.69, 9.17) is 4.74 Å². The van der Waals surface area contributed by atoms with Crippen LogP contribution in [0.25, 0.3) is 0 Å². The Morgan fingerprint density at radius 2 is 2.09 bits per heavy atom. The van der Waals surface area contributed by atoms with Gasteiger partial charge in [-0.05, 0) is 36.8 Å². The summed E-state index contributed by atoms with van der Waals surface area (Å²) in [6.07, 6.45) is 5.03. The molecule has 23 heavy (non-hydrogen) atoms. The van der Waals surface area contributed by atoms with Gasteiger partial charge in [0.05, 0.1) is 12.2 Å². The molecule has 0 aromatic carbocycles. The fraction of sp³-hybridized carbons (Fsp3) is 0.588. The van der Waals surface area contributed by atoms with Crippen LogP contribution >= 0.6 is 0 Å². The Kier molecular flexibility index (Phi) is 4.91. The van der Waals surface area contributed by atoms with Gasteiger partial charge in [0.2, 0.25) is 5.91 Å². The van der Waals surface area contributed by atoms with Gasteiger partial charge in [0.25, 0.3) is 5.91 Å². The summed E-state index contributed by atoms with van der Waals surface area (Å²) in [5.41, 5.74) is 0.640. The van der Waals surface area contributed by atoms with Crippen molar-refractivity contribution in [2.45, 2.75) is 12.8 Å². The molecule has 2 heterocycles. The zero-order valence-corrected chi connectivity index (χ0v) is 13.4. The number of hydrogen-bond donors (Lipinski definition) is 1. The second-order valence-corrected chi connectivity index (χ2v) is 6.42. The highest BCUT2D eigenvalue weighted by molar-refractivity contribution is 5.94. The van der Waals surface area contributed by atoms with Crippen molar-refractivity contribution < 1.29 is 14.3 Å². The van der Waals surface area contributed by atoms with Crippen molar-refractivity contribution in [1.82, 2.24) is 15.2 Å². The number of nitrogens with one attached hydrogen (secondary N) is 1. The van der Waals surface area contributed by atoms with Gasteiger partial charge in [-0.1, -0.05) is 0 Å². The van der Waals surface area contributed by atoms with E-state index in [1.807, 2.05) is 4.90 Å². The highest BCUT2D eigenvalue weighted by atomic mass is 16.5. The van der Waals surface area contributed by atoms with Gasteiger partial charge in [0, 0.05) is 45.1 Å². The average Bonchev–Trinajstić information content (AvgIpc) is 3.14.